The summed E-state index contributed by atoms with van der Waals surface area (Å²) in [6, 6.07) is 11.5. The summed E-state index contributed by atoms with van der Waals surface area (Å²) < 4.78 is 41.0. The van der Waals surface area contributed by atoms with Crippen LogP contribution in [0.4, 0.5) is 4.39 Å². The van der Waals surface area contributed by atoms with Gasteiger partial charge in [0.2, 0.25) is 15.9 Å². The summed E-state index contributed by atoms with van der Waals surface area (Å²) in [4.78, 5) is 14.6. The Balaban J connectivity index is 1.60. The van der Waals surface area contributed by atoms with Crippen LogP contribution >= 0.6 is 0 Å². The maximum atomic E-state index is 13.4. The van der Waals surface area contributed by atoms with Crippen LogP contribution < -0.4 is 4.72 Å². The molecule has 3 rings (SSSR count). The lowest BCUT2D eigenvalue weighted by atomic mass is 10.2. The van der Waals surface area contributed by atoms with Gasteiger partial charge in [-0.3, -0.25) is 4.79 Å². The molecule has 5 nitrogen and oxygen atoms in total. The van der Waals surface area contributed by atoms with Gasteiger partial charge in [0.05, 0.1) is 4.90 Å². The fourth-order valence-electron chi connectivity index (χ4n) is 3.25. The number of hydrogen-bond donors (Lipinski definition) is 1. The van der Waals surface area contributed by atoms with Crippen LogP contribution in [0.3, 0.4) is 0 Å². The first-order valence-electron chi connectivity index (χ1n) is 9.37. The number of rotatable bonds is 8. The molecule has 1 aliphatic carbocycles. The summed E-state index contributed by atoms with van der Waals surface area (Å²) >= 11 is 0. The van der Waals surface area contributed by atoms with Gasteiger partial charge in [0.1, 0.15) is 5.82 Å². The zero-order valence-electron chi connectivity index (χ0n) is 16.1. The molecule has 0 radical (unpaired) electrons. The van der Waals surface area contributed by atoms with Crippen molar-refractivity contribution in [3.63, 3.8) is 0 Å². The Bertz CT molecular complexity index is 971. The largest absolute Gasteiger partial charge is 0.335 e. The molecule has 0 unspecified atom stereocenters. The first-order valence-corrected chi connectivity index (χ1v) is 10.9. The number of carbonyl (C=O) groups excluding carboxylic acids is 1. The van der Waals surface area contributed by atoms with Gasteiger partial charge in [-0.05, 0) is 56.0 Å². The quantitative estimate of drug-likeness (QED) is 0.734. The Labute approximate surface area is 165 Å². The lowest BCUT2D eigenvalue weighted by Crippen LogP contribution is -2.35. The fourth-order valence-corrected chi connectivity index (χ4v) is 4.51. The molecule has 0 saturated heterocycles. The Morgan fingerprint density at radius 1 is 1.18 bits per heavy atom. The first kappa shape index (κ1) is 20.5. The van der Waals surface area contributed by atoms with E-state index in [0.717, 1.165) is 24.0 Å². The smallest absolute Gasteiger partial charge is 0.240 e. The second kappa shape index (κ2) is 8.41. The minimum atomic E-state index is -3.67. The molecule has 150 valence electrons. The fraction of sp³-hybridized carbons (Fsp3) is 0.381. The molecule has 1 saturated carbocycles. The van der Waals surface area contributed by atoms with Gasteiger partial charge >= 0.3 is 0 Å². The third-order valence-corrected chi connectivity index (χ3v) is 6.42. The van der Waals surface area contributed by atoms with Crippen molar-refractivity contribution in [3.8, 4) is 0 Å². The molecule has 2 aromatic rings. The highest BCUT2D eigenvalue weighted by atomic mass is 32.2. The number of amides is 1. The summed E-state index contributed by atoms with van der Waals surface area (Å²) in [5, 5.41) is 0. The minimum Gasteiger partial charge on any atom is -0.335 e. The standard InChI is InChI=1S/C21H25FN2O3S/c1-15-6-9-20(16(2)12-15)28(26,27)23-11-10-21(25)24(19-7-8-19)14-17-4-3-5-18(22)13-17/h3-6,9,12-13,19,23H,7-8,10-11,14H2,1-2H3. The third kappa shape index (κ3) is 5.17. The molecule has 0 atom stereocenters. The Morgan fingerprint density at radius 2 is 1.93 bits per heavy atom. The van der Waals surface area contributed by atoms with E-state index in [1.165, 1.54) is 12.1 Å². The van der Waals surface area contributed by atoms with Crippen LogP contribution in [-0.2, 0) is 21.4 Å². The summed E-state index contributed by atoms with van der Waals surface area (Å²) in [5.74, 6) is -0.461. The molecule has 0 aromatic heterocycles. The highest BCUT2D eigenvalue weighted by Gasteiger charge is 2.32. The van der Waals surface area contributed by atoms with Crippen LogP contribution in [0.25, 0.3) is 0 Å². The number of aryl methyl sites for hydroxylation is 2. The highest BCUT2D eigenvalue weighted by molar-refractivity contribution is 7.89. The first-order chi connectivity index (χ1) is 13.3. The molecule has 28 heavy (non-hydrogen) atoms. The van der Waals surface area contributed by atoms with E-state index in [0.29, 0.717) is 12.1 Å². The van der Waals surface area contributed by atoms with Crippen LogP contribution in [-0.4, -0.2) is 31.8 Å². The van der Waals surface area contributed by atoms with Gasteiger partial charge < -0.3 is 4.90 Å². The second-order valence-corrected chi connectivity index (χ2v) is 9.03. The van der Waals surface area contributed by atoms with Crippen molar-refractivity contribution in [2.75, 3.05) is 6.54 Å². The molecular formula is C21H25FN2O3S. The molecule has 0 bridgehead atoms. The Kier molecular flexibility index (Phi) is 6.15. The summed E-state index contributed by atoms with van der Waals surface area (Å²) in [5.41, 5.74) is 2.39. The van der Waals surface area contributed by atoms with Crippen molar-refractivity contribution in [1.29, 1.82) is 0 Å². The van der Waals surface area contributed by atoms with Crippen molar-refractivity contribution in [3.05, 3.63) is 65.0 Å². The molecule has 2 aromatic carbocycles. The summed E-state index contributed by atoms with van der Waals surface area (Å²) in [6.45, 7) is 4.02. The van der Waals surface area contributed by atoms with Gasteiger partial charge in [0.15, 0.2) is 0 Å². The number of carbonyl (C=O) groups is 1. The molecular weight excluding hydrogens is 379 g/mol. The Morgan fingerprint density at radius 3 is 2.57 bits per heavy atom. The summed E-state index contributed by atoms with van der Waals surface area (Å²) in [6.07, 6.45) is 1.92. The number of halogens is 1. The molecule has 7 heteroatoms. The molecule has 1 amide bonds. The van der Waals surface area contributed by atoms with E-state index < -0.39 is 10.0 Å². The number of nitrogens with one attached hydrogen (secondary N) is 1. The lowest BCUT2D eigenvalue weighted by Gasteiger charge is -2.23. The van der Waals surface area contributed by atoms with Crippen LogP contribution in [0.15, 0.2) is 47.4 Å². The molecule has 1 N–H and O–H groups in total. The zero-order valence-corrected chi connectivity index (χ0v) is 16.9. The lowest BCUT2D eigenvalue weighted by molar-refractivity contribution is -0.132. The number of benzene rings is 2. The molecule has 0 heterocycles. The maximum Gasteiger partial charge on any atom is 0.240 e. The van der Waals surface area contributed by atoms with E-state index in [2.05, 4.69) is 4.72 Å². The van der Waals surface area contributed by atoms with Gasteiger partial charge in [-0.1, -0.05) is 29.8 Å². The number of sulfonamides is 1. The van der Waals surface area contributed by atoms with Gasteiger partial charge in [-0.15, -0.1) is 0 Å². The van der Waals surface area contributed by atoms with Crippen LogP contribution in [0.2, 0.25) is 0 Å². The van der Waals surface area contributed by atoms with Crippen molar-refractivity contribution < 1.29 is 17.6 Å². The predicted molar refractivity (Wildman–Crippen MR) is 106 cm³/mol. The molecule has 0 aliphatic heterocycles. The van der Waals surface area contributed by atoms with E-state index in [9.17, 15) is 17.6 Å². The van der Waals surface area contributed by atoms with Crippen molar-refractivity contribution in [2.45, 2.75) is 50.6 Å². The monoisotopic (exact) mass is 404 g/mol. The number of hydrogen-bond acceptors (Lipinski definition) is 3. The van der Waals surface area contributed by atoms with Crippen molar-refractivity contribution in [2.24, 2.45) is 0 Å². The van der Waals surface area contributed by atoms with Gasteiger partial charge in [-0.25, -0.2) is 17.5 Å². The van der Waals surface area contributed by atoms with Gasteiger partial charge in [0.25, 0.3) is 0 Å². The normalized spacial score (nSPS) is 14.1. The predicted octanol–water partition coefficient (Wildman–Crippen LogP) is 3.30. The SMILES string of the molecule is Cc1ccc(S(=O)(=O)NCCC(=O)N(Cc2cccc(F)c2)C2CC2)c(C)c1. The van der Waals surface area contributed by atoms with E-state index >= 15 is 0 Å². The van der Waals surface area contributed by atoms with Crippen LogP contribution in [0.1, 0.15) is 36.0 Å². The maximum absolute atomic E-state index is 13.4. The average molecular weight is 405 g/mol. The number of nitrogens with zero attached hydrogens (tertiary/aromatic N) is 1. The van der Waals surface area contributed by atoms with Gasteiger partial charge in [-0.2, -0.15) is 0 Å². The van der Waals surface area contributed by atoms with Crippen LogP contribution in [0.5, 0.6) is 0 Å². The topological polar surface area (TPSA) is 66.5 Å². The van der Waals surface area contributed by atoms with E-state index in [-0.39, 0.29) is 35.6 Å². The zero-order chi connectivity index (χ0) is 20.3. The third-order valence-electron chi connectivity index (χ3n) is 4.80. The van der Waals surface area contributed by atoms with E-state index in [1.807, 2.05) is 13.0 Å². The van der Waals surface area contributed by atoms with E-state index in [4.69, 9.17) is 0 Å². The molecule has 0 spiro atoms. The highest BCUT2D eigenvalue weighted by Crippen LogP contribution is 2.29. The molecule has 1 fully saturated rings. The second-order valence-electron chi connectivity index (χ2n) is 7.30. The van der Waals surface area contributed by atoms with Crippen LogP contribution in [0, 0.1) is 19.7 Å². The minimum absolute atomic E-state index is 0.0286. The van der Waals surface area contributed by atoms with Crippen molar-refractivity contribution in [1.82, 2.24) is 9.62 Å². The van der Waals surface area contributed by atoms with E-state index in [1.54, 1.807) is 36.1 Å². The molecule has 1 aliphatic rings. The average Bonchev–Trinajstić information content (AvgIpc) is 3.44. The Hall–Kier alpha value is -2.25. The van der Waals surface area contributed by atoms with Crippen molar-refractivity contribution >= 4 is 15.9 Å². The summed E-state index contributed by atoms with van der Waals surface area (Å²) in [7, 11) is -3.67. The van der Waals surface area contributed by atoms with Gasteiger partial charge in [0, 0.05) is 25.6 Å².